The minimum absolute atomic E-state index is 0.236. The van der Waals surface area contributed by atoms with E-state index in [1.54, 1.807) is 14.2 Å². The molecule has 0 saturated carbocycles. The summed E-state index contributed by atoms with van der Waals surface area (Å²) in [5, 5.41) is 4.16. The number of aromatic nitrogens is 2. The smallest absolute Gasteiger partial charge is 0.241 e. The number of methoxy groups -OCH3 is 2. The molecule has 1 atom stereocenters. The van der Waals surface area contributed by atoms with E-state index in [0.717, 1.165) is 42.0 Å². The Labute approximate surface area is 165 Å². The van der Waals surface area contributed by atoms with Crippen LogP contribution in [0.3, 0.4) is 0 Å². The van der Waals surface area contributed by atoms with Gasteiger partial charge in [0, 0.05) is 17.2 Å². The van der Waals surface area contributed by atoms with Crippen molar-refractivity contribution in [2.24, 2.45) is 0 Å². The zero-order valence-corrected chi connectivity index (χ0v) is 16.5. The van der Waals surface area contributed by atoms with Crippen molar-refractivity contribution in [3.05, 3.63) is 59.5 Å². The lowest BCUT2D eigenvalue weighted by Gasteiger charge is -2.25. The van der Waals surface area contributed by atoms with Crippen LogP contribution in [-0.2, 0) is 6.54 Å². The largest absolute Gasteiger partial charge is 0.497 e. The number of benzene rings is 2. The fourth-order valence-corrected chi connectivity index (χ4v) is 3.78. The molecule has 1 saturated heterocycles. The van der Waals surface area contributed by atoms with E-state index in [9.17, 15) is 0 Å². The molecule has 2 heterocycles. The molecule has 6 heteroatoms. The molecule has 1 fully saturated rings. The van der Waals surface area contributed by atoms with Gasteiger partial charge in [-0.1, -0.05) is 35.0 Å². The molecule has 0 spiro atoms. The maximum Gasteiger partial charge on any atom is 0.241 e. The van der Waals surface area contributed by atoms with Crippen molar-refractivity contribution in [3.63, 3.8) is 0 Å². The Bertz CT molecular complexity index is 936. The molecule has 1 unspecified atom stereocenters. The van der Waals surface area contributed by atoms with Crippen molar-refractivity contribution < 1.29 is 14.0 Å². The number of hydrogen-bond donors (Lipinski definition) is 0. The fourth-order valence-electron chi connectivity index (χ4n) is 3.78. The molecule has 0 bridgehead atoms. The van der Waals surface area contributed by atoms with Gasteiger partial charge in [0.05, 0.1) is 20.8 Å². The molecule has 2 aromatic carbocycles. The van der Waals surface area contributed by atoms with Crippen LogP contribution in [0.25, 0.3) is 11.4 Å². The Kier molecular flexibility index (Phi) is 5.30. The first-order valence-electron chi connectivity index (χ1n) is 9.53. The molecule has 0 aliphatic carbocycles. The summed E-state index contributed by atoms with van der Waals surface area (Å²) in [4.78, 5) is 6.97. The van der Waals surface area contributed by atoms with Crippen molar-refractivity contribution in [3.8, 4) is 22.9 Å². The lowest BCUT2D eigenvalue weighted by atomic mass is 10.0. The summed E-state index contributed by atoms with van der Waals surface area (Å²) in [6, 6.07) is 14.3. The fraction of sp³-hybridized carbons (Fsp3) is 0.364. The third-order valence-corrected chi connectivity index (χ3v) is 5.28. The lowest BCUT2D eigenvalue weighted by Crippen LogP contribution is -2.23. The van der Waals surface area contributed by atoms with E-state index >= 15 is 0 Å². The maximum absolute atomic E-state index is 5.59. The number of ether oxygens (including phenoxy) is 2. The predicted octanol–water partition coefficient (Wildman–Crippen LogP) is 4.40. The van der Waals surface area contributed by atoms with E-state index in [4.69, 9.17) is 14.0 Å². The van der Waals surface area contributed by atoms with Gasteiger partial charge in [0.2, 0.25) is 11.7 Å². The molecule has 0 N–H and O–H groups in total. The van der Waals surface area contributed by atoms with E-state index in [-0.39, 0.29) is 6.04 Å². The average molecular weight is 379 g/mol. The van der Waals surface area contributed by atoms with Gasteiger partial charge in [-0.2, -0.15) is 4.98 Å². The molecule has 0 amide bonds. The van der Waals surface area contributed by atoms with Crippen LogP contribution in [0.1, 0.15) is 35.9 Å². The van der Waals surface area contributed by atoms with Gasteiger partial charge in [0.1, 0.15) is 11.5 Å². The minimum atomic E-state index is 0.236. The van der Waals surface area contributed by atoms with Gasteiger partial charge in [0.25, 0.3) is 0 Å². The summed E-state index contributed by atoms with van der Waals surface area (Å²) < 4.78 is 16.5. The number of aryl methyl sites for hydroxylation is 1. The van der Waals surface area contributed by atoms with E-state index < -0.39 is 0 Å². The highest BCUT2D eigenvalue weighted by Gasteiger charge is 2.30. The van der Waals surface area contributed by atoms with Crippen LogP contribution in [0.2, 0.25) is 0 Å². The monoisotopic (exact) mass is 379 g/mol. The van der Waals surface area contributed by atoms with E-state index in [1.807, 2.05) is 24.3 Å². The Hall–Kier alpha value is -2.86. The summed E-state index contributed by atoms with van der Waals surface area (Å²) >= 11 is 0. The molecule has 3 aromatic rings. The highest BCUT2D eigenvalue weighted by Crippen LogP contribution is 2.39. The zero-order valence-electron chi connectivity index (χ0n) is 16.5. The summed E-state index contributed by atoms with van der Waals surface area (Å²) in [6.07, 6.45) is 2.17. The Balaban J connectivity index is 1.54. The Morgan fingerprint density at radius 2 is 1.93 bits per heavy atom. The predicted molar refractivity (Wildman–Crippen MR) is 106 cm³/mol. The molecule has 4 rings (SSSR count). The number of likely N-dealkylation sites (tertiary alicyclic amines) is 1. The third kappa shape index (κ3) is 3.73. The van der Waals surface area contributed by atoms with Crippen molar-refractivity contribution in [1.82, 2.24) is 15.0 Å². The normalized spacial score (nSPS) is 17.0. The quantitative estimate of drug-likeness (QED) is 0.633. The Morgan fingerprint density at radius 3 is 2.68 bits per heavy atom. The summed E-state index contributed by atoms with van der Waals surface area (Å²) in [6.45, 7) is 3.66. The summed E-state index contributed by atoms with van der Waals surface area (Å²) in [5.74, 6) is 2.97. The molecular formula is C22H25N3O3. The third-order valence-electron chi connectivity index (χ3n) is 5.28. The van der Waals surface area contributed by atoms with E-state index in [1.165, 1.54) is 5.56 Å². The van der Waals surface area contributed by atoms with Crippen LogP contribution in [0.15, 0.2) is 47.0 Å². The van der Waals surface area contributed by atoms with Gasteiger partial charge in [-0.3, -0.25) is 4.90 Å². The standard InChI is InChI=1S/C22H25N3O3/c1-15-6-8-16(9-7-15)22-23-21(28-24-22)14-25-12-4-5-19(25)18-13-17(26-2)10-11-20(18)27-3/h6-11,13,19H,4-5,12,14H2,1-3H3. The number of rotatable bonds is 6. The van der Waals surface area contributed by atoms with Crippen molar-refractivity contribution in [1.29, 1.82) is 0 Å². The van der Waals surface area contributed by atoms with Crippen LogP contribution in [-0.4, -0.2) is 35.8 Å². The highest BCUT2D eigenvalue weighted by molar-refractivity contribution is 5.54. The summed E-state index contributed by atoms with van der Waals surface area (Å²) in [7, 11) is 3.39. The first-order valence-corrected chi connectivity index (χ1v) is 9.53. The molecule has 1 aliphatic rings. The second-order valence-electron chi connectivity index (χ2n) is 7.11. The topological polar surface area (TPSA) is 60.6 Å². The molecule has 146 valence electrons. The van der Waals surface area contributed by atoms with Gasteiger partial charge in [0.15, 0.2) is 0 Å². The Morgan fingerprint density at radius 1 is 1.11 bits per heavy atom. The van der Waals surface area contributed by atoms with E-state index in [2.05, 4.69) is 40.2 Å². The molecule has 6 nitrogen and oxygen atoms in total. The zero-order chi connectivity index (χ0) is 19.5. The lowest BCUT2D eigenvalue weighted by molar-refractivity contribution is 0.209. The van der Waals surface area contributed by atoms with Crippen LogP contribution < -0.4 is 9.47 Å². The van der Waals surface area contributed by atoms with Gasteiger partial charge in [-0.15, -0.1) is 0 Å². The van der Waals surface area contributed by atoms with Gasteiger partial charge >= 0.3 is 0 Å². The van der Waals surface area contributed by atoms with Crippen LogP contribution in [0.5, 0.6) is 11.5 Å². The SMILES string of the molecule is COc1ccc(OC)c(C2CCCN2Cc2nc(-c3ccc(C)cc3)no2)c1. The first kappa shape index (κ1) is 18.5. The molecule has 28 heavy (non-hydrogen) atoms. The number of hydrogen-bond acceptors (Lipinski definition) is 6. The maximum atomic E-state index is 5.59. The van der Waals surface area contributed by atoms with Gasteiger partial charge in [-0.05, 0) is 44.5 Å². The second kappa shape index (κ2) is 8.02. The van der Waals surface area contributed by atoms with Crippen molar-refractivity contribution in [2.45, 2.75) is 32.4 Å². The second-order valence-corrected chi connectivity index (χ2v) is 7.11. The average Bonchev–Trinajstić information content (AvgIpc) is 3.38. The van der Waals surface area contributed by atoms with Gasteiger partial charge < -0.3 is 14.0 Å². The minimum Gasteiger partial charge on any atom is -0.497 e. The molecule has 1 aromatic heterocycles. The molecule has 0 radical (unpaired) electrons. The van der Waals surface area contributed by atoms with Crippen LogP contribution in [0.4, 0.5) is 0 Å². The first-order chi connectivity index (χ1) is 13.7. The van der Waals surface area contributed by atoms with Crippen LogP contribution in [0, 0.1) is 6.92 Å². The van der Waals surface area contributed by atoms with Gasteiger partial charge in [-0.25, -0.2) is 0 Å². The van der Waals surface area contributed by atoms with Crippen molar-refractivity contribution >= 4 is 0 Å². The van der Waals surface area contributed by atoms with E-state index in [0.29, 0.717) is 18.3 Å². The molecule has 1 aliphatic heterocycles. The summed E-state index contributed by atoms with van der Waals surface area (Å²) in [5.41, 5.74) is 3.31. The van der Waals surface area contributed by atoms with Crippen LogP contribution >= 0.6 is 0 Å². The molecular weight excluding hydrogens is 354 g/mol. The highest BCUT2D eigenvalue weighted by atomic mass is 16.5. The number of nitrogens with zero attached hydrogens (tertiary/aromatic N) is 3. The van der Waals surface area contributed by atoms with Crippen molar-refractivity contribution in [2.75, 3.05) is 20.8 Å².